The van der Waals surface area contributed by atoms with Crippen LogP contribution in [0.2, 0.25) is 39.3 Å². The van der Waals surface area contributed by atoms with E-state index in [-0.39, 0.29) is 0 Å². The summed E-state index contributed by atoms with van der Waals surface area (Å²) in [5, 5.41) is -0.595. The molecule has 0 heterocycles. The van der Waals surface area contributed by atoms with Crippen LogP contribution in [0.3, 0.4) is 0 Å². The van der Waals surface area contributed by atoms with Crippen LogP contribution in [0.15, 0.2) is 0 Å². The molecule has 0 saturated heterocycles. The SMILES string of the molecule is C[Si](C)(C)OC(=O)c1c(F)c(F)c([Si](C)(C)C)c(F)c1F. The summed E-state index contributed by atoms with van der Waals surface area (Å²) in [7, 11) is -5.12. The van der Waals surface area contributed by atoms with Gasteiger partial charge in [-0.15, -0.1) is 0 Å². The summed E-state index contributed by atoms with van der Waals surface area (Å²) in [6, 6.07) is 0. The second-order valence-electron chi connectivity index (χ2n) is 6.76. The average Bonchev–Trinajstić information content (AvgIpc) is 2.22. The summed E-state index contributed by atoms with van der Waals surface area (Å²) in [4.78, 5) is 11.8. The molecule has 0 atom stereocenters. The third-order valence-corrected chi connectivity index (χ3v) is 5.35. The van der Waals surface area contributed by atoms with E-state index in [4.69, 9.17) is 4.43 Å². The van der Waals surface area contributed by atoms with Crippen molar-refractivity contribution < 1.29 is 26.8 Å². The summed E-state index contributed by atoms with van der Waals surface area (Å²) < 4.78 is 61.0. The summed E-state index contributed by atoms with van der Waals surface area (Å²) in [6.07, 6.45) is 0. The molecule has 2 nitrogen and oxygen atoms in total. The van der Waals surface area contributed by atoms with Crippen molar-refractivity contribution in [2.24, 2.45) is 0 Å². The maximum Gasteiger partial charge on any atom is 0.331 e. The first-order chi connectivity index (χ1) is 9.27. The van der Waals surface area contributed by atoms with E-state index in [1.54, 1.807) is 39.3 Å². The first kappa shape index (κ1) is 17.9. The van der Waals surface area contributed by atoms with Crippen LogP contribution in [-0.4, -0.2) is 22.4 Å². The third kappa shape index (κ3) is 3.73. The molecular weight excluding hydrogens is 320 g/mol. The first-order valence-corrected chi connectivity index (χ1v) is 13.3. The summed E-state index contributed by atoms with van der Waals surface area (Å²) in [5.74, 6) is -7.75. The number of halogens is 4. The monoisotopic (exact) mass is 338 g/mol. The molecule has 0 amide bonds. The molecular formula is C13H18F4O2Si2. The molecule has 0 saturated carbocycles. The van der Waals surface area contributed by atoms with Crippen molar-refractivity contribution in [2.45, 2.75) is 39.3 Å². The maximum absolute atomic E-state index is 14.0. The number of hydrogen-bond donors (Lipinski definition) is 0. The molecule has 0 spiro atoms. The van der Waals surface area contributed by atoms with Crippen molar-refractivity contribution in [3.63, 3.8) is 0 Å². The van der Waals surface area contributed by atoms with E-state index >= 15 is 0 Å². The van der Waals surface area contributed by atoms with E-state index in [9.17, 15) is 22.4 Å². The zero-order chi connectivity index (χ0) is 16.7. The van der Waals surface area contributed by atoms with Gasteiger partial charge in [0.2, 0.25) is 8.32 Å². The van der Waals surface area contributed by atoms with Gasteiger partial charge in [0.1, 0.15) is 5.56 Å². The lowest BCUT2D eigenvalue weighted by Gasteiger charge is -2.22. The Hall–Kier alpha value is -1.16. The molecule has 0 aliphatic heterocycles. The van der Waals surface area contributed by atoms with Crippen molar-refractivity contribution in [2.75, 3.05) is 0 Å². The number of benzene rings is 1. The van der Waals surface area contributed by atoms with Gasteiger partial charge in [-0.25, -0.2) is 22.4 Å². The lowest BCUT2D eigenvalue weighted by molar-refractivity contribution is 0.0711. The zero-order valence-corrected chi connectivity index (χ0v) is 14.8. The highest BCUT2D eigenvalue weighted by molar-refractivity contribution is 6.88. The summed E-state index contributed by atoms with van der Waals surface area (Å²) >= 11 is 0. The largest absolute Gasteiger partial charge is 0.516 e. The number of rotatable bonds is 3. The minimum Gasteiger partial charge on any atom is -0.516 e. The Kier molecular flexibility index (Phi) is 4.74. The number of carbonyl (C=O) groups is 1. The fourth-order valence-corrected chi connectivity index (χ4v) is 3.99. The fourth-order valence-electron chi connectivity index (χ4n) is 1.80. The smallest absolute Gasteiger partial charge is 0.331 e. The lowest BCUT2D eigenvalue weighted by atomic mass is 10.2. The van der Waals surface area contributed by atoms with Gasteiger partial charge in [0.25, 0.3) is 0 Å². The highest BCUT2D eigenvalue weighted by atomic mass is 28.4. The molecule has 0 bridgehead atoms. The van der Waals surface area contributed by atoms with Gasteiger partial charge in [-0.3, -0.25) is 0 Å². The van der Waals surface area contributed by atoms with Crippen molar-refractivity contribution in [1.29, 1.82) is 0 Å². The van der Waals surface area contributed by atoms with E-state index in [0.29, 0.717) is 0 Å². The van der Waals surface area contributed by atoms with Crippen molar-refractivity contribution >= 4 is 27.5 Å². The standard InChI is InChI=1S/C13H18F4O2Si2/c1-20(2,3)12-10(16)8(14)7(9(15)11(12)17)13(18)19-21(4,5)6/h1-6H3. The zero-order valence-electron chi connectivity index (χ0n) is 12.8. The van der Waals surface area contributed by atoms with Crippen molar-refractivity contribution in [3.8, 4) is 0 Å². The molecule has 0 radical (unpaired) electrons. The van der Waals surface area contributed by atoms with E-state index in [1.807, 2.05) is 0 Å². The summed E-state index contributed by atoms with van der Waals surface area (Å²) in [5.41, 5.74) is -1.30. The van der Waals surface area contributed by atoms with E-state index < -0.39 is 56.4 Å². The Morgan fingerprint density at radius 3 is 1.48 bits per heavy atom. The van der Waals surface area contributed by atoms with Crippen LogP contribution in [0, 0.1) is 23.3 Å². The molecule has 1 aromatic rings. The van der Waals surface area contributed by atoms with Gasteiger partial charge in [-0.2, -0.15) is 0 Å². The predicted octanol–water partition coefficient (Wildman–Crippen LogP) is 3.78. The quantitative estimate of drug-likeness (QED) is 0.476. The van der Waals surface area contributed by atoms with Gasteiger partial charge >= 0.3 is 5.97 Å². The lowest BCUT2D eigenvalue weighted by Crippen LogP contribution is -2.44. The van der Waals surface area contributed by atoms with E-state index in [1.165, 1.54) is 0 Å². The van der Waals surface area contributed by atoms with Gasteiger partial charge in [-0.1, -0.05) is 19.6 Å². The minimum atomic E-state index is -2.66. The number of hydrogen-bond acceptors (Lipinski definition) is 2. The Bertz CT molecular complexity index is 560. The topological polar surface area (TPSA) is 26.3 Å². The summed E-state index contributed by atoms with van der Waals surface area (Å²) in [6.45, 7) is 9.49. The minimum absolute atomic E-state index is 0.595. The van der Waals surface area contributed by atoms with E-state index in [0.717, 1.165) is 0 Å². The van der Waals surface area contributed by atoms with Gasteiger partial charge < -0.3 is 4.43 Å². The van der Waals surface area contributed by atoms with Crippen LogP contribution in [0.4, 0.5) is 17.6 Å². The molecule has 1 aromatic carbocycles. The molecule has 0 fully saturated rings. The first-order valence-electron chi connectivity index (χ1n) is 6.37. The third-order valence-electron chi connectivity index (χ3n) is 2.62. The Labute approximate surface area is 123 Å². The molecule has 21 heavy (non-hydrogen) atoms. The van der Waals surface area contributed by atoms with Gasteiger partial charge in [0.05, 0.1) is 8.07 Å². The van der Waals surface area contributed by atoms with Gasteiger partial charge in [-0.05, 0) is 19.6 Å². The van der Waals surface area contributed by atoms with Crippen molar-refractivity contribution in [1.82, 2.24) is 0 Å². The molecule has 0 aliphatic rings. The predicted molar refractivity (Wildman–Crippen MR) is 78.0 cm³/mol. The second kappa shape index (κ2) is 5.56. The highest BCUT2D eigenvalue weighted by Gasteiger charge is 2.36. The van der Waals surface area contributed by atoms with Crippen LogP contribution in [-0.2, 0) is 4.43 Å². The van der Waals surface area contributed by atoms with Crippen LogP contribution in [0.5, 0.6) is 0 Å². The molecule has 0 N–H and O–H groups in total. The normalized spacial score (nSPS) is 12.5. The van der Waals surface area contributed by atoms with Crippen molar-refractivity contribution in [3.05, 3.63) is 28.8 Å². The second-order valence-corrected chi connectivity index (χ2v) is 16.2. The number of carbonyl (C=O) groups excluding carboxylic acids is 1. The highest BCUT2D eigenvalue weighted by Crippen LogP contribution is 2.23. The Balaban J connectivity index is 3.56. The van der Waals surface area contributed by atoms with Crippen LogP contribution < -0.4 is 5.19 Å². The Morgan fingerprint density at radius 2 is 1.19 bits per heavy atom. The van der Waals surface area contributed by atoms with Gasteiger partial charge in [0.15, 0.2) is 23.3 Å². The molecule has 118 valence electrons. The maximum atomic E-state index is 14.0. The average molecular weight is 338 g/mol. The molecule has 0 aliphatic carbocycles. The van der Waals surface area contributed by atoms with Gasteiger partial charge in [0, 0.05) is 5.19 Å². The molecule has 0 unspecified atom stereocenters. The van der Waals surface area contributed by atoms with Crippen LogP contribution in [0.25, 0.3) is 0 Å². The Morgan fingerprint density at radius 1 is 0.810 bits per heavy atom. The molecule has 8 heteroatoms. The van der Waals surface area contributed by atoms with Crippen LogP contribution in [0.1, 0.15) is 10.4 Å². The molecule has 0 aromatic heterocycles. The fraction of sp³-hybridized carbons (Fsp3) is 0.462. The van der Waals surface area contributed by atoms with E-state index in [2.05, 4.69) is 0 Å². The molecule has 1 rings (SSSR count). The van der Waals surface area contributed by atoms with Crippen LogP contribution >= 0.6 is 0 Å².